The Bertz CT molecular complexity index is 1010. The highest BCUT2D eigenvalue weighted by Crippen LogP contribution is 2.24. The molecular formula is C19H22N2O5S. The van der Waals surface area contributed by atoms with Gasteiger partial charge in [-0.25, -0.2) is 17.9 Å². The number of nitrogens with one attached hydrogen (secondary N) is 1. The first-order valence-corrected chi connectivity index (χ1v) is 10.2. The predicted molar refractivity (Wildman–Crippen MR) is 99.3 cm³/mol. The standard InChI is InChI=1S/C19H22N2O5S/c1-12(18(22)15-8-7-13-5-4-6-14(13)9-15)26-19(23)17-10-16(11-21(17)3)27(24,25)20-2/h7-12,20H,4-6H2,1-3H3. The van der Waals surface area contributed by atoms with E-state index in [0.29, 0.717) is 5.56 Å². The molecule has 1 unspecified atom stereocenters. The molecule has 8 heteroatoms. The fraction of sp³-hybridized carbons (Fsp3) is 0.368. The highest BCUT2D eigenvalue weighted by Gasteiger charge is 2.25. The molecule has 0 saturated carbocycles. The van der Waals surface area contributed by atoms with Crippen molar-refractivity contribution in [1.82, 2.24) is 9.29 Å². The van der Waals surface area contributed by atoms with Gasteiger partial charge in [-0.15, -0.1) is 0 Å². The molecule has 1 N–H and O–H groups in total. The van der Waals surface area contributed by atoms with E-state index in [9.17, 15) is 18.0 Å². The van der Waals surface area contributed by atoms with Crippen LogP contribution in [-0.2, 0) is 34.6 Å². The number of carbonyl (C=O) groups excluding carboxylic acids is 2. The van der Waals surface area contributed by atoms with Gasteiger partial charge in [0.15, 0.2) is 6.10 Å². The smallest absolute Gasteiger partial charge is 0.355 e. The van der Waals surface area contributed by atoms with Gasteiger partial charge in [-0.3, -0.25) is 4.79 Å². The van der Waals surface area contributed by atoms with Crippen LogP contribution in [0.25, 0.3) is 0 Å². The number of benzene rings is 1. The van der Waals surface area contributed by atoms with Crippen molar-refractivity contribution < 1.29 is 22.7 Å². The van der Waals surface area contributed by atoms with Crippen LogP contribution in [0.2, 0.25) is 0 Å². The van der Waals surface area contributed by atoms with Crippen molar-refractivity contribution in [2.45, 2.75) is 37.2 Å². The summed E-state index contributed by atoms with van der Waals surface area (Å²) in [5.41, 5.74) is 3.00. The largest absolute Gasteiger partial charge is 0.450 e. The average Bonchev–Trinajstić information content (AvgIpc) is 3.26. The van der Waals surface area contributed by atoms with Crippen molar-refractivity contribution in [3.8, 4) is 0 Å². The van der Waals surface area contributed by atoms with Gasteiger partial charge in [0.1, 0.15) is 10.6 Å². The van der Waals surface area contributed by atoms with Crippen LogP contribution in [-0.4, -0.2) is 37.9 Å². The van der Waals surface area contributed by atoms with Crippen molar-refractivity contribution in [2.24, 2.45) is 7.05 Å². The van der Waals surface area contributed by atoms with Crippen LogP contribution in [0.4, 0.5) is 0 Å². The SMILES string of the molecule is CNS(=O)(=O)c1cc(C(=O)OC(C)C(=O)c2ccc3c(c2)CCC3)n(C)c1. The van der Waals surface area contributed by atoms with Gasteiger partial charge in [0.2, 0.25) is 15.8 Å². The summed E-state index contributed by atoms with van der Waals surface area (Å²) in [4.78, 5) is 25.0. The number of aromatic nitrogens is 1. The van der Waals surface area contributed by atoms with Crippen LogP contribution in [0, 0.1) is 0 Å². The maximum Gasteiger partial charge on any atom is 0.355 e. The van der Waals surface area contributed by atoms with Gasteiger partial charge < -0.3 is 9.30 Å². The van der Waals surface area contributed by atoms with E-state index in [4.69, 9.17) is 4.74 Å². The number of fused-ring (bicyclic) bond motifs is 1. The summed E-state index contributed by atoms with van der Waals surface area (Å²) in [6.07, 6.45) is 3.41. The van der Waals surface area contributed by atoms with Crippen LogP contribution < -0.4 is 4.72 Å². The highest BCUT2D eigenvalue weighted by molar-refractivity contribution is 7.89. The summed E-state index contributed by atoms with van der Waals surface area (Å²) in [6, 6.07) is 6.81. The maximum absolute atomic E-state index is 12.6. The normalized spacial score (nSPS) is 14.6. The second-order valence-corrected chi connectivity index (χ2v) is 8.51. The molecule has 1 aliphatic carbocycles. The van der Waals surface area contributed by atoms with Gasteiger partial charge in [-0.2, -0.15) is 0 Å². The van der Waals surface area contributed by atoms with E-state index >= 15 is 0 Å². The molecule has 7 nitrogen and oxygen atoms in total. The minimum absolute atomic E-state index is 0.0444. The van der Waals surface area contributed by atoms with Crippen molar-refractivity contribution >= 4 is 21.8 Å². The van der Waals surface area contributed by atoms with Crippen LogP contribution in [0.1, 0.15) is 45.3 Å². The Morgan fingerprint density at radius 1 is 1.19 bits per heavy atom. The second-order valence-electron chi connectivity index (χ2n) is 6.63. The number of sulfonamides is 1. The number of hydrogen-bond donors (Lipinski definition) is 1. The molecule has 0 amide bonds. The number of Topliss-reactive ketones (excluding diaryl/α,β-unsaturated/α-hetero) is 1. The van der Waals surface area contributed by atoms with Crippen molar-refractivity contribution in [2.75, 3.05) is 7.05 Å². The lowest BCUT2D eigenvalue weighted by molar-refractivity contribution is 0.0309. The molecule has 1 aromatic heterocycles. The van der Waals surface area contributed by atoms with E-state index in [0.717, 1.165) is 19.3 Å². The predicted octanol–water partition coefficient (Wildman–Crippen LogP) is 1.85. The number of rotatable bonds is 6. The zero-order valence-electron chi connectivity index (χ0n) is 15.5. The molecule has 1 heterocycles. The number of nitrogens with zero attached hydrogens (tertiary/aromatic N) is 1. The van der Waals surface area contributed by atoms with Gasteiger partial charge in [0, 0.05) is 18.8 Å². The average molecular weight is 390 g/mol. The molecule has 1 aromatic carbocycles. The van der Waals surface area contributed by atoms with E-state index in [2.05, 4.69) is 4.72 Å². The van der Waals surface area contributed by atoms with Crippen LogP contribution in [0.15, 0.2) is 35.4 Å². The quantitative estimate of drug-likeness (QED) is 0.600. The molecule has 2 aromatic rings. The Kier molecular flexibility index (Phi) is 5.21. The van der Waals surface area contributed by atoms with Crippen LogP contribution in [0.3, 0.4) is 0 Å². The molecule has 0 bridgehead atoms. The molecule has 0 radical (unpaired) electrons. The van der Waals surface area contributed by atoms with E-state index in [1.54, 1.807) is 6.07 Å². The lowest BCUT2D eigenvalue weighted by atomic mass is 10.0. The molecule has 1 aliphatic rings. The second kappa shape index (κ2) is 7.28. The lowest BCUT2D eigenvalue weighted by Crippen LogP contribution is -2.25. The molecular weight excluding hydrogens is 368 g/mol. The zero-order valence-corrected chi connectivity index (χ0v) is 16.3. The molecule has 0 fully saturated rings. The van der Waals surface area contributed by atoms with Gasteiger partial charge in [-0.1, -0.05) is 12.1 Å². The summed E-state index contributed by atoms with van der Waals surface area (Å²) in [7, 11) is -0.843. The monoisotopic (exact) mass is 390 g/mol. The molecule has 0 aliphatic heterocycles. The summed E-state index contributed by atoms with van der Waals surface area (Å²) in [5, 5.41) is 0. The highest BCUT2D eigenvalue weighted by atomic mass is 32.2. The summed E-state index contributed by atoms with van der Waals surface area (Å²) < 4.78 is 32.6. The third-order valence-corrected chi connectivity index (χ3v) is 6.19. The number of hydrogen-bond acceptors (Lipinski definition) is 5. The van der Waals surface area contributed by atoms with Gasteiger partial charge in [0.05, 0.1) is 0 Å². The summed E-state index contributed by atoms with van der Waals surface area (Å²) in [6.45, 7) is 1.52. The first kappa shape index (κ1) is 19.3. The van der Waals surface area contributed by atoms with Gasteiger partial charge in [0.25, 0.3) is 0 Å². The van der Waals surface area contributed by atoms with Crippen LogP contribution >= 0.6 is 0 Å². The minimum Gasteiger partial charge on any atom is -0.450 e. The Hall–Kier alpha value is -2.45. The van der Waals surface area contributed by atoms with Gasteiger partial charge in [-0.05, 0) is 56.5 Å². The molecule has 0 saturated heterocycles. The topological polar surface area (TPSA) is 94.5 Å². The van der Waals surface area contributed by atoms with Crippen molar-refractivity contribution in [1.29, 1.82) is 0 Å². The Balaban J connectivity index is 1.75. The molecule has 27 heavy (non-hydrogen) atoms. The molecule has 3 rings (SSSR count). The van der Waals surface area contributed by atoms with Crippen molar-refractivity contribution in [3.63, 3.8) is 0 Å². The number of ether oxygens (including phenoxy) is 1. The first-order chi connectivity index (χ1) is 12.7. The van der Waals surface area contributed by atoms with Crippen molar-refractivity contribution in [3.05, 3.63) is 52.8 Å². The van der Waals surface area contributed by atoms with Gasteiger partial charge >= 0.3 is 5.97 Å². The number of aryl methyl sites for hydroxylation is 3. The Morgan fingerprint density at radius 2 is 1.89 bits per heavy atom. The molecule has 1 atom stereocenters. The third kappa shape index (κ3) is 3.81. The van der Waals surface area contributed by atoms with E-state index in [-0.39, 0.29) is 16.4 Å². The van der Waals surface area contributed by atoms with E-state index in [1.807, 2.05) is 12.1 Å². The number of carbonyl (C=O) groups is 2. The zero-order chi connectivity index (χ0) is 19.8. The molecule has 144 valence electrons. The summed E-state index contributed by atoms with van der Waals surface area (Å²) in [5.74, 6) is -1.03. The first-order valence-electron chi connectivity index (χ1n) is 8.70. The number of ketones is 1. The fourth-order valence-corrected chi connectivity index (χ4v) is 4.04. The minimum atomic E-state index is -3.67. The molecule has 0 spiro atoms. The Labute approximate surface area is 158 Å². The Morgan fingerprint density at radius 3 is 2.59 bits per heavy atom. The lowest BCUT2D eigenvalue weighted by Gasteiger charge is -2.13. The van der Waals surface area contributed by atoms with Crippen LogP contribution in [0.5, 0.6) is 0 Å². The third-order valence-electron chi connectivity index (χ3n) is 4.80. The number of esters is 1. The fourth-order valence-electron chi connectivity index (χ4n) is 3.24. The maximum atomic E-state index is 12.6. The van der Waals surface area contributed by atoms with E-state index in [1.165, 1.54) is 49.0 Å². The van der Waals surface area contributed by atoms with E-state index < -0.39 is 22.1 Å². The summed E-state index contributed by atoms with van der Waals surface area (Å²) >= 11 is 0.